The molecule has 0 unspecified atom stereocenters. The van der Waals surface area contributed by atoms with E-state index in [4.69, 9.17) is 4.74 Å². The molecule has 2 rings (SSSR count). The molecule has 0 spiro atoms. The number of carbonyl (C=O) groups is 1. The van der Waals surface area contributed by atoms with Crippen molar-refractivity contribution in [2.24, 2.45) is 17.3 Å². The van der Waals surface area contributed by atoms with Crippen molar-refractivity contribution < 1.29 is 9.53 Å². The first kappa shape index (κ1) is 10.9. The van der Waals surface area contributed by atoms with Crippen LogP contribution in [0, 0.1) is 17.3 Å². The molecule has 3 heteroatoms. The Balaban J connectivity index is 1.99. The fourth-order valence-corrected chi connectivity index (χ4v) is 3.48. The summed E-state index contributed by atoms with van der Waals surface area (Å²) in [6, 6.07) is 0. The average Bonchev–Trinajstić information content (AvgIpc) is 2.55. The van der Waals surface area contributed by atoms with Gasteiger partial charge in [0.1, 0.15) is 6.61 Å². The van der Waals surface area contributed by atoms with Crippen LogP contribution in [0.3, 0.4) is 0 Å². The topological polar surface area (TPSA) is 29.5 Å². The smallest absolute Gasteiger partial charge is 0.248 e. The summed E-state index contributed by atoms with van der Waals surface area (Å²) < 4.78 is 4.90. The number of amides is 1. The summed E-state index contributed by atoms with van der Waals surface area (Å²) >= 11 is 0. The fraction of sp³-hybridized carbons (Fsp3) is 0.917. The van der Waals surface area contributed by atoms with Gasteiger partial charge in [-0.05, 0) is 30.1 Å². The molecule has 15 heavy (non-hydrogen) atoms. The number of nitrogens with zero attached hydrogens (tertiary/aromatic N) is 1. The van der Waals surface area contributed by atoms with Gasteiger partial charge in [0, 0.05) is 20.2 Å². The first-order valence-corrected chi connectivity index (χ1v) is 5.82. The van der Waals surface area contributed by atoms with E-state index in [0.717, 1.165) is 19.0 Å². The number of hydrogen-bond acceptors (Lipinski definition) is 2. The summed E-state index contributed by atoms with van der Waals surface area (Å²) in [5.74, 6) is 1.70. The highest BCUT2D eigenvalue weighted by Gasteiger charge is 2.49. The van der Waals surface area contributed by atoms with E-state index in [2.05, 4.69) is 13.8 Å². The van der Waals surface area contributed by atoms with Gasteiger partial charge in [0.2, 0.25) is 5.91 Å². The summed E-state index contributed by atoms with van der Waals surface area (Å²) in [6.07, 6.45) is 2.56. The van der Waals surface area contributed by atoms with Crippen molar-refractivity contribution in [1.82, 2.24) is 4.90 Å². The molecule has 1 aliphatic carbocycles. The van der Waals surface area contributed by atoms with Gasteiger partial charge in [0.15, 0.2) is 0 Å². The second kappa shape index (κ2) is 3.78. The molecule has 0 aromatic heterocycles. The van der Waals surface area contributed by atoms with Crippen LogP contribution in [0.2, 0.25) is 0 Å². The maximum Gasteiger partial charge on any atom is 0.248 e. The van der Waals surface area contributed by atoms with Crippen LogP contribution in [0.15, 0.2) is 0 Å². The Bertz CT molecular complexity index is 266. The lowest BCUT2D eigenvalue weighted by atomic mass is 9.83. The van der Waals surface area contributed by atoms with E-state index in [-0.39, 0.29) is 12.5 Å². The summed E-state index contributed by atoms with van der Waals surface area (Å²) in [4.78, 5) is 13.7. The fourth-order valence-electron chi connectivity index (χ4n) is 3.48. The number of hydrogen-bond donors (Lipinski definition) is 0. The largest absolute Gasteiger partial charge is 0.375 e. The van der Waals surface area contributed by atoms with Crippen molar-refractivity contribution in [1.29, 1.82) is 0 Å². The molecule has 0 radical (unpaired) electrons. The van der Waals surface area contributed by atoms with Gasteiger partial charge < -0.3 is 9.64 Å². The number of rotatable bonds is 2. The van der Waals surface area contributed by atoms with E-state index in [1.165, 1.54) is 12.8 Å². The summed E-state index contributed by atoms with van der Waals surface area (Å²) in [5.41, 5.74) is 0.378. The zero-order chi connectivity index (χ0) is 11.1. The monoisotopic (exact) mass is 211 g/mol. The summed E-state index contributed by atoms with van der Waals surface area (Å²) in [6.45, 7) is 6.78. The molecule has 1 heterocycles. The number of ether oxygens (including phenoxy) is 1. The quantitative estimate of drug-likeness (QED) is 0.693. The van der Waals surface area contributed by atoms with Gasteiger partial charge in [-0.3, -0.25) is 4.79 Å². The van der Waals surface area contributed by atoms with Gasteiger partial charge in [-0.2, -0.15) is 0 Å². The zero-order valence-corrected chi connectivity index (χ0v) is 9.95. The van der Waals surface area contributed by atoms with E-state index in [0.29, 0.717) is 11.3 Å². The lowest BCUT2D eigenvalue weighted by Crippen LogP contribution is -2.33. The van der Waals surface area contributed by atoms with Gasteiger partial charge in [-0.1, -0.05) is 13.8 Å². The molecule has 0 bridgehead atoms. The maximum absolute atomic E-state index is 11.7. The Hall–Kier alpha value is -0.570. The lowest BCUT2D eigenvalue weighted by molar-refractivity contribution is -0.134. The van der Waals surface area contributed by atoms with E-state index in [1.807, 2.05) is 4.90 Å². The van der Waals surface area contributed by atoms with Crippen LogP contribution in [0.5, 0.6) is 0 Å². The van der Waals surface area contributed by atoms with Gasteiger partial charge >= 0.3 is 0 Å². The molecular weight excluding hydrogens is 190 g/mol. The van der Waals surface area contributed by atoms with Gasteiger partial charge in [0.05, 0.1) is 0 Å². The van der Waals surface area contributed by atoms with E-state index in [1.54, 1.807) is 7.11 Å². The summed E-state index contributed by atoms with van der Waals surface area (Å²) in [5, 5.41) is 0. The van der Waals surface area contributed by atoms with E-state index < -0.39 is 0 Å². The van der Waals surface area contributed by atoms with Crippen molar-refractivity contribution >= 4 is 5.91 Å². The van der Waals surface area contributed by atoms with Crippen LogP contribution in [0.4, 0.5) is 0 Å². The highest BCUT2D eigenvalue weighted by Crippen LogP contribution is 2.50. The van der Waals surface area contributed by atoms with Crippen molar-refractivity contribution in [3.8, 4) is 0 Å². The molecule has 0 N–H and O–H groups in total. The molecule has 3 atom stereocenters. The van der Waals surface area contributed by atoms with Crippen LogP contribution in [0.25, 0.3) is 0 Å². The minimum Gasteiger partial charge on any atom is -0.375 e. The maximum atomic E-state index is 11.7. The van der Waals surface area contributed by atoms with Crippen LogP contribution < -0.4 is 0 Å². The van der Waals surface area contributed by atoms with Crippen molar-refractivity contribution in [3.05, 3.63) is 0 Å². The molecule has 1 amide bonds. The van der Waals surface area contributed by atoms with Crippen molar-refractivity contribution in [3.63, 3.8) is 0 Å². The van der Waals surface area contributed by atoms with Crippen LogP contribution in [0.1, 0.15) is 26.7 Å². The first-order valence-electron chi connectivity index (χ1n) is 5.82. The molecular formula is C12H21NO2. The van der Waals surface area contributed by atoms with Crippen LogP contribution >= 0.6 is 0 Å². The van der Waals surface area contributed by atoms with Crippen LogP contribution in [-0.2, 0) is 9.53 Å². The Morgan fingerprint density at radius 3 is 2.93 bits per heavy atom. The number of carbonyl (C=O) groups excluding carboxylic acids is 1. The second-order valence-corrected chi connectivity index (χ2v) is 5.60. The number of likely N-dealkylation sites (tertiary alicyclic amines) is 1. The van der Waals surface area contributed by atoms with Crippen LogP contribution in [-0.4, -0.2) is 37.6 Å². The standard InChI is InChI=1S/C12H21NO2/c1-9-4-10-6-13(11(14)7-15-3)8-12(10,2)5-9/h9-10H,4-8H2,1-3H3/t9-,10+,12-/m1/s1. The Morgan fingerprint density at radius 1 is 1.60 bits per heavy atom. The Morgan fingerprint density at radius 2 is 2.33 bits per heavy atom. The Kier molecular flexibility index (Phi) is 2.75. The predicted octanol–water partition coefficient (Wildman–Crippen LogP) is 1.53. The Labute approximate surface area is 91.8 Å². The highest BCUT2D eigenvalue weighted by molar-refractivity contribution is 5.77. The zero-order valence-electron chi connectivity index (χ0n) is 9.95. The third-order valence-corrected chi connectivity index (χ3v) is 4.10. The third kappa shape index (κ3) is 1.89. The van der Waals surface area contributed by atoms with E-state index in [9.17, 15) is 4.79 Å². The van der Waals surface area contributed by atoms with E-state index >= 15 is 0 Å². The van der Waals surface area contributed by atoms with Gasteiger partial charge in [-0.25, -0.2) is 0 Å². The highest BCUT2D eigenvalue weighted by atomic mass is 16.5. The van der Waals surface area contributed by atoms with Gasteiger partial charge in [-0.15, -0.1) is 0 Å². The predicted molar refractivity (Wildman–Crippen MR) is 58.5 cm³/mol. The molecule has 3 nitrogen and oxygen atoms in total. The van der Waals surface area contributed by atoms with Gasteiger partial charge in [0.25, 0.3) is 0 Å². The van der Waals surface area contributed by atoms with Crippen molar-refractivity contribution in [2.45, 2.75) is 26.7 Å². The molecule has 2 aliphatic rings. The minimum atomic E-state index is 0.153. The number of fused-ring (bicyclic) bond motifs is 1. The molecule has 86 valence electrons. The summed E-state index contributed by atoms with van der Waals surface area (Å²) in [7, 11) is 1.58. The molecule has 1 saturated carbocycles. The molecule has 1 aliphatic heterocycles. The third-order valence-electron chi connectivity index (χ3n) is 4.10. The second-order valence-electron chi connectivity index (χ2n) is 5.60. The number of methoxy groups -OCH3 is 1. The minimum absolute atomic E-state index is 0.153. The molecule has 1 saturated heterocycles. The molecule has 0 aromatic rings. The normalized spacial score (nSPS) is 39.5. The molecule has 2 fully saturated rings. The first-order chi connectivity index (χ1) is 7.05. The average molecular weight is 211 g/mol. The van der Waals surface area contributed by atoms with Crippen molar-refractivity contribution in [2.75, 3.05) is 26.8 Å². The SMILES string of the molecule is COCC(=O)N1C[C@@H]2C[C@@H](C)C[C@]2(C)C1. The lowest BCUT2D eigenvalue weighted by Gasteiger charge is -2.23. The molecule has 0 aromatic carbocycles.